The molecule has 0 bridgehead atoms. The van der Waals surface area contributed by atoms with E-state index in [1.165, 1.54) is 0 Å². The molecule has 4 atom stereocenters. The molecule has 0 spiro atoms. The van der Waals surface area contributed by atoms with Gasteiger partial charge in [0.1, 0.15) is 31.0 Å². The minimum atomic E-state index is -1.59. The van der Waals surface area contributed by atoms with E-state index in [0.717, 1.165) is 0 Å². The highest BCUT2D eigenvalue weighted by atomic mass is 17.2. The Balaban J connectivity index is 4.31. The van der Waals surface area contributed by atoms with Crippen LogP contribution in [0.4, 0.5) is 0 Å². The first-order valence-corrected chi connectivity index (χ1v) is 5.76. The van der Waals surface area contributed by atoms with Gasteiger partial charge in [-0.2, -0.15) is 0 Å². The smallest absolute Gasteiger partial charge is 0.148 e. The van der Waals surface area contributed by atoms with Crippen molar-refractivity contribution in [3.05, 3.63) is 0 Å². The third-order valence-electron chi connectivity index (χ3n) is 2.06. The second-order valence-electron chi connectivity index (χ2n) is 3.46. The molecule has 8 nitrogen and oxygen atoms in total. The largest absolute Gasteiger partial charge is 0.394 e. The van der Waals surface area contributed by atoms with Gasteiger partial charge in [0, 0.05) is 0 Å². The first-order chi connectivity index (χ1) is 8.58. The van der Waals surface area contributed by atoms with E-state index in [-0.39, 0.29) is 13.2 Å². The maximum absolute atomic E-state index is 9.74. The fourth-order valence-corrected chi connectivity index (χ4v) is 1.09. The maximum Gasteiger partial charge on any atom is 0.148 e. The fourth-order valence-electron chi connectivity index (χ4n) is 1.09. The molecule has 0 rings (SSSR count). The third kappa shape index (κ3) is 6.57. The zero-order valence-electron chi connectivity index (χ0n) is 10.6. The molecule has 0 amide bonds. The van der Waals surface area contributed by atoms with Crippen LogP contribution in [-0.4, -0.2) is 71.3 Å². The molecule has 0 aromatic heterocycles. The summed E-state index contributed by atoms with van der Waals surface area (Å²) in [5, 5.41) is 37.2. The Bertz CT molecular complexity index is 191. The maximum atomic E-state index is 9.74. The van der Waals surface area contributed by atoms with E-state index in [2.05, 4.69) is 9.78 Å². The summed E-state index contributed by atoms with van der Waals surface area (Å²) in [6.07, 6.45) is -5.64. The van der Waals surface area contributed by atoms with E-state index in [4.69, 9.17) is 14.9 Å². The van der Waals surface area contributed by atoms with Crippen molar-refractivity contribution in [1.29, 1.82) is 0 Å². The van der Waals surface area contributed by atoms with E-state index in [1.54, 1.807) is 13.8 Å². The lowest BCUT2D eigenvalue weighted by Crippen LogP contribution is -2.48. The molecule has 0 aromatic rings. The molecule has 0 unspecified atom stereocenters. The molecule has 0 heterocycles. The SMILES string of the molecule is CCOOC[C@H](OOCC)[C@@H](O)[C@H](O)[C@H](O)CO. The summed E-state index contributed by atoms with van der Waals surface area (Å²) < 4.78 is 0. The molecule has 0 radical (unpaired) electrons. The van der Waals surface area contributed by atoms with Crippen molar-refractivity contribution in [2.75, 3.05) is 26.4 Å². The molecule has 0 saturated carbocycles. The van der Waals surface area contributed by atoms with Gasteiger partial charge in [0.15, 0.2) is 0 Å². The van der Waals surface area contributed by atoms with Crippen LogP contribution in [0.2, 0.25) is 0 Å². The molecule has 0 fully saturated rings. The lowest BCUT2D eigenvalue weighted by Gasteiger charge is -2.27. The van der Waals surface area contributed by atoms with Gasteiger partial charge in [0.05, 0.1) is 19.8 Å². The molecule has 4 N–H and O–H groups in total. The van der Waals surface area contributed by atoms with E-state index >= 15 is 0 Å². The first kappa shape index (κ1) is 17.7. The van der Waals surface area contributed by atoms with Crippen molar-refractivity contribution in [3.63, 3.8) is 0 Å². The Morgan fingerprint density at radius 1 is 0.889 bits per heavy atom. The molecule has 0 aliphatic carbocycles. The van der Waals surface area contributed by atoms with Gasteiger partial charge in [-0.1, -0.05) is 0 Å². The summed E-state index contributed by atoms with van der Waals surface area (Å²) in [4.78, 5) is 18.8. The molecule has 0 saturated heterocycles. The van der Waals surface area contributed by atoms with Crippen LogP contribution >= 0.6 is 0 Å². The van der Waals surface area contributed by atoms with E-state index < -0.39 is 31.0 Å². The summed E-state index contributed by atoms with van der Waals surface area (Å²) in [6, 6.07) is 0. The van der Waals surface area contributed by atoms with Gasteiger partial charge in [0.2, 0.25) is 0 Å². The predicted molar refractivity (Wildman–Crippen MR) is 59.2 cm³/mol. The molecule has 0 aliphatic heterocycles. The summed E-state index contributed by atoms with van der Waals surface area (Å²) in [5.41, 5.74) is 0. The standard InChI is InChI=1S/C10H22O8/c1-3-15-17-6-8(18-16-4-2)10(14)9(13)7(12)5-11/h7-14H,3-6H2,1-2H3/t7-,8+,9-,10-/m1/s1. The van der Waals surface area contributed by atoms with Crippen LogP contribution in [-0.2, 0) is 19.6 Å². The number of hydrogen-bond acceptors (Lipinski definition) is 8. The average molecular weight is 270 g/mol. The molecular weight excluding hydrogens is 248 g/mol. The highest BCUT2D eigenvalue weighted by Gasteiger charge is 2.33. The van der Waals surface area contributed by atoms with Crippen molar-refractivity contribution < 1.29 is 40.0 Å². The van der Waals surface area contributed by atoms with Crippen molar-refractivity contribution in [1.82, 2.24) is 0 Å². The van der Waals surface area contributed by atoms with Gasteiger partial charge in [0.25, 0.3) is 0 Å². The Morgan fingerprint density at radius 2 is 1.50 bits per heavy atom. The summed E-state index contributed by atoms with van der Waals surface area (Å²) in [7, 11) is 0. The number of aliphatic hydroxyl groups is 4. The first-order valence-electron chi connectivity index (χ1n) is 5.76. The predicted octanol–water partition coefficient (Wildman–Crippen LogP) is -1.63. The van der Waals surface area contributed by atoms with E-state index in [0.29, 0.717) is 6.61 Å². The Kier molecular flexibility index (Phi) is 10.4. The van der Waals surface area contributed by atoms with Gasteiger partial charge < -0.3 is 20.4 Å². The third-order valence-corrected chi connectivity index (χ3v) is 2.06. The Labute approximate surface area is 106 Å². The van der Waals surface area contributed by atoms with Crippen molar-refractivity contribution in [2.24, 2.45) is 0 Å². The number of hydrogen-bond donors (Lipinski definition) is 4. The lowest BCUT2D eigenvalue weighted by molar-refractivity contribution is -0.379. The zero-order valence-corrected chi connectivity index (χ0v) is 10.6. The molecule has 110 valence electrons. The fraction of sp³-hybridized carbons (Fsp3) is 1.00. The topological polar surface area (TPSA) is 118 Å². The van der Waals surface area contributed by atoms with Crippen LogP contribution in [0.15, 0.2) is 0 Å². The molecule has 0 aliphatic rings. The van der Waals surface area contributed by atoms with Crippen LogP contribution in [0.25, 0.3) is 0 Å². The number of aliphatic hydroxyl groups excluding tert-OH is 4. The van der Waals surface area contributed by atoms with Gasteiger partial charge in [-0.05, 0) is 13.8 Å². The summed E-state index contributed by atoms with van der Waals surface area (Å²) in [6.45, 7) is 3.02. The zero-order chi connectivity index (χ0) is 14.0. The molecular formula is C10H22O8. The van der Waals surface area contributed by atoms with Crippen LogP contribution in [0.5, 0.6) is 0 Å². The normalized spacial score (nSPS) is 18.3. The Morgan fingerprint density at radius 3 is 2.00 bits per heavy atom. The minimum Gasteiger partial charge on any atom is -0.394 e. The van der Waals surface area contributed by atoms with Crippen LogP contribution in [0, 0.1) is 0 Å². The minimum absolute atomic E-state index is 0.204. The van der Waals surface area contributed by atoms with E-state index in [1.807, 2.05) is 0 Å². The van der Waals surface area contributed by atoms with Crippen molar-refractivity contribution >= 4 is 0 Å². The van der Waals surface area contributed by atoms with Crippen LogP contribution < -0.4 is 0 Å². The van der Waals surface area contributed by atoms with Crippen molar-refractivity contribution in [2.45, 2.75) is 38.3 Å². The van der Waals surface area contributed by atoms with Crippen LogP contribution in [0.1, 0.15) is 13.8 Å². The average Bonchev–Trinajstić information content (AvgIpc) is 2.40. The lowest BCUT2D eigenvalue weighted by atomic mass is 10.0. The number of rotatable bonds is 11. The highest BCUT2D eigenvalue weighted by molar-refractivity contribution is 4.80. The van der Waals surface area contributed by atoms with Crippen molar-refractivity contribution in [3.8, 4) is 0 Å². The van der Waals surface area contributed by atoms with Gasteiger partial charge in [-0.3, -0.25) is 0 Å². The second-order valence-corrected chi connectivity index (χ2v) is 3.46. The quantitative estimate of drug-likeness (QED) is 0.201. The summed E-state index contributed by atoms with van der Waals surface area (Å²) >= 11 is 0. The van der Waals surface area contributed by atoms with Crippen LogP contribution in [0.3, 0.4) is 0 Å². The second kappa shape index (κ2) is 10.6. The molecule has 0 aromatic carbocycles. The Hall–Kier alpha value is -0.320. The summed E-state index contributed by atoms with van der Waals surface area (Å²) in [5.74, 6) is 0. The highest BCUT2D eigenvalue weighted by Crippen LogP contribution is 2.10. The van der Waals surface area contributed by atoms with Gasteiger partial charge >= 0.3 is 0 Å². The van der Waals surface area contributed by atoms with Gasteiger partial charge in [-0.15, -0.1) is 0 Å². The molecule has 18 heavy (non-hydrogen) atoms. The van der Waals surface area contributed by atoms with E-state index in [9.17, 15) is 15.3 Å². The monoisotopic (exact) mass is 270 g/mol. The molecule has 8 heteroatoms. The van der Waals surface area contributed by atoms with Gasteiger partial charge in [-0.25, -0.2) is 19.6 Å².